The van der Waals surface area contributed by atoms with Crippen molar-refractivity contribution >= 4 is 11.6 Å². The van der Waals surface area contributed by atoms with Gasteiger partial charge >= 0.3 is 0 Å². The van der Waals surface area contributed by atoms with E-state index in [9.17, 15) is 18.0 Å². The number of quaternary nitrogens is 1. The second kappa shape index (κ2) is 6.47. The molecule has 2 N–H and O–H groups in total. The SMILES string of the molecule is C[C@@H]1C[C@H](C)C[NH+](CC(=O)Nc2ccc(F)c(F)c2F)C1. The molecule has 1 aromatic carbocycles. The van der Waals surface area contributed by atoms with Gasteiger partial charge in [-0.05, 0) is 18.6 Å². The lowest BCUT2D eigenvalue weighted by Crippen LogP contribution is -3.15. The lowest BCUT2D eigenvalue weighted by Gasteiger charge is -2.31. The average molecular weight is 301 g/mol. The number of benzene rings is 1. The van der Waals surface area contributed by atoms with Gasteiger partial charge in [0.05, 0.1) is 18.8 Å². The van der Waals surface area contributed by atoms with E-state index in [1.165, 1.54) is 0 Å². The van der Waals surface area contributed by atoms with Crippen molar-refractivity contribution in [2.75, 3.05) is 25.0 Å². The first-order valence-corrected chi connectivity index (χ1v) is 7.13. The summed E-state index contributed by atoms with van der Waals surface area (Å²) < 4.78 is 39.4. The molecule has 21 heavy (non-hydrogen) atoms. The van der Waals surface area contributed by atoms with Gasteiger partial charge in [-0.2, -0.15) is 0 Å². The fourth-order valence-electron chi connectivity index (χ4n) is 3.11. The molecule has 1 amide bonds. The van der Waals surface area contributed by atoms with Crippen molar-refractivity contribution in [3.63, 3.8) is 0 Å². The first-order valence-electron chi connectivity index (χ1n) is 7.13. The second-order valence-corrected chi connectivity index (χ2v) is 6.05. The number of amides is 1. The lowest BCUT2D eigenvalue weighted by atomic mass is 9.92. The first-order chi connectivity index (χ1) is 9.86. The number of nitrogens with one attached hydrogen (secondary N) is 2. The molecule has 1 aromatic rings. The molecule has 0 saturated carbocycles. The van der Waals surface area contributed by atoms with Gasteiger partial charge < -0.3 is 10.2 Å². The number of carbonyl (C=O) groups is 1. The third kappa shape index (κ3) is 3.97. The summed E-state index contributed by atoms with van der Waals surface area (Å²) in [7, 11) is 0. The van der Waals surface area contributed by atoms with Crippen molar-refractivity contribution in [1.29, 1.82) is 0 Å². The number of halogens is 3. The van der Waals surface area contributed by atoms with Gasteiger partial charge in [-0.1, -0.05) is 13.8 Å². The number of anilines is 1. The Balaban J connectivity index is 1.97. The van der Waals surface area contributed by atoms with Crippen LogP contribution < -0.4 is 10.2 Å². The predicted octanol–water partition coefficient (Wildman–Crippen LogP) is 1.60. The number of carbonyl (C=O) groups excluding carboxylic acids is 1. The van der Waals surface area contributed by atoms with Crippen LogP contribution in [0.1, 0.15) is 20.3 Å². The van der Waals surface area contributed by atoms with Crippen LogP contribution in [0.15, 0.2) is 12.1 Å². The Kier molecular flexibility index (Phi) is 4.88. The van der Waals surface area contributed by atoms with Crippen molar-refractivity contribution in [3.05, 3.63) is 29.6 Å². The van der Waals surface area contributed by atoms with E-state index in [1.54, 1.807) is 0 Å². The normalized spacial score (nSPS) is 25.7. The van der Waals surface area contributed by atoms with Gasteiger partial charge in [0.25, 0.3) is 5.91 Å². The molecule has 1 fully saturated rings. The van der Waals surface area contributed by atoms with Gasteiger partial charge in [0.1, 0.15) is 0 Å². The fourth-order valence-corrected chi connectivity index (χ4v) is 3.11. The van der Waals surface area contributed by atoms with Crippen LogP contribution in [0.5, 0.6) is 0 Å². The van der Waals surface area contributed by atoms with E-state index in [0.717, 1.165) is 36.5 Å². The molecule has 0 radical (unpaired) electrons. The zero-order valence-electron chi connectivity index (χ0n) is 12.2. The highest BCUT2D eigenvalue weighted by atomic mass is 19.2. The van der Waals surface area contributed by atoms with E-state index in [2.05, 4.69) is 19.2 Å². The number of piperidine rings is 1. The van der Waals surface area contributed by atoms with Crippen LogP contribution in [0, 0.1) is 29.3 Å². The van der Waals surface area contributed by atoms with Gasteiger partial charge in [-0.15, -0.1) is 0 Å². The van der Waals surface area contributed by atoms with Gasteiger partial charge in [-0.3, -0.25) is 4.79 Å². The molecule has 2 rings (SSSR count). The third-order valence-electron chi connectivity index (χ3n) is 3.80. The van der Waals surface area contributed by atoms with Gasteiger partial charge in [0, 0.05) is 11.8 Å². The monoisotopic (exact) mass is 301 g/mol. The molecule has 1 unspecified atom stereocenters. The summed E-state index contributed by atoms with van der Waals surface area (Å²) in [5.41, 5.74) is -0.323. The molecule has 6 heteroatoms. The van der Waals surface area contributed by atoms with Gasteiger partial charge in [0.15, 0.2) is 24.0 Å². The molecule has 1 saturated heterocycles. The van der Waals surface area contributed by atoms with E-state index in [0.29, 0.717) is 11.8 Å². The number of hydrogen-bond acceptors (Lipinski definition) is 1. The van der Waals surface area contributed by atoms with E-state index in [-0.39, 0.29) is 12.2 Å². The highest BCUT2D eigenvalue weighted by molar-refractivity contribution is 5.91. The van der Waals surface area contributed by atoms with Crippen molar-refractivity contribution in [1.82, 2.24) is 0 Å². The maximum atomic E-state index is 13.5. The largest absolute Gasteiger partial charge is 0.327 e. The number of hydrogen-bond donors (Lipinski definition) is 2. The van der Waals surface area contributed by atoms with Crippen LogP contribution in [-0.4, -0.2) is 25.5 Å². The van der Waals surface area contributed by atoms with Crippen LogP contribution in [-0.2, 0) is 4.79 Å². The Morgan fingerprint density at radius 3 is 2.43 bits per heavy atom. The van der Waals surface area contributed by atoms with Crippen LogP contribution in [0.3, 0.4) is 0 Å². The van der Waals surface area contributed by atoms with E-state index in [1.807, 2.05) is 0 Å². The average Bonchev–Trinajstić information content (AvgIpc) is 2.38. The molecule has 0 bridgehead atoms. The van der Waals surface area contributed by atoms with Crippen molar-refractivity contribution < 1.29 is 22.9 Å². The molecule has 1 aliphatic rings. The van der Waals surface area contributed by atoms with Gasteiger partial charge in [0.2, 0.25) is 0 Å². The Morgan fingerprint density at radius 1 is 1.19 bits per heavy atom. The fraction of sp³-hybridized carbons (Fsp3) is 0.533. The summed E-state index contributed by atoms with van der Waals surface area (Å²) in [6.07, 6.45) is 1.14. The van der Waals surface area contributed by atoms with Crippen LogP contribution in [0.2, 0.25) is 0 Å². The minimum absolute atomic E-state index is 0.202. The first kappa shape index (κ1) is 15.8. The Labute approximate surface area is 122 Å². The molecular weight excluding hydrogens is 281 g/mol. The quantitative estimate of drug-likeness (QED) is 0.817. The summed E-state index contributed by atoms with van der Waals surface area (Å²) in [6.45, 7) is 6.26. The zero-order chi connectivity index (χ0) is 15.6. The smallest absolute Gasteiger partial charge is 0.279 e. The second-order valence-electron chi connectivity index (χ2n) is 6.05. The summed E-state index contributed by atoms with van der Waals surface area (Å²) in [5, 5.41) is 2.31. The molecule has 0 aliphatic carbocycles. The van der Waals surface area contributed by atoms with E-state index >= 15 is 0 Å². The van der Waals surface area contributed by atoms with Crippen LogP contribution in [0.4, 0.5) is 18.9 Å². The van der Waals surface area contributed by atoms with Crippen LogP contribution >= 0.6 is 0 Å². The van der Waals surface area contributed by atoms with E-state index in [4.69, 9.17) is 0 Å². The Morgan fingerprint density at radius 2 is 1.81 bits per heavy atom. The van der Waals surface area contributed by atoms with Crippen molar-refractivity contribution in [3.8, 4) is 0 Å². The maximum absolute atomic E-state index is 13.5. The minimum Gasteiger partial charge on any atom is -0.327 e. The molecule has 1 heterocycles. The predicted molar refractivity (Wildman–Crippen MR) is 73.5 cm³/mol. The van der Waals surface area contributed by atoms with Gasteiger partial charge in [-0.25, -0.2) is 13.2 Å². The maximum Gasteiger partial charge on any atom is 0.279 e. The molecule has 0 aromatic heterocycles. The molecule has 0 spiro atoms. The highest BCUT2D eigenvalue weighted by Gasteiger charge is 2.27. The molecule has 3 nitrogen and oxygen atoms in total. The molecular formula is C15H20F3N2O+. The molecule has 1 aliphatic heterocycles. The topological polar surface area (TPSA) is 33.5 Å². The number of likely N-dealkylation sites (tertiary alicyclic amines) is 1. The molecule has 116 valence electrons. The summed E-state index contributed by atoms with van der Waals surface area (Å²) in [5.74, 6) is -3.52. The van der Waals surface area contributed by atoms with Crippen molar-refractivity contribution in [2.45, 2.75) is 20.3 Å². The van der Waals surface area contributed by atoms with Crippen LogP contribution in [0.25, 0.3) is 0 Å². The Hall–Kier alpha value is -1.56. The highest BCUT2D eigenvalue weighted by Crippen LogP contribution is 2.19. The lowest BCUT2D eigenvalue weighted by molar-refractivity contribution is -0.904. The zero-order valence-corrected chi connectivity index (χ0v) is 12.2. The summed E-state index contributed by atoms with van der Waals surface area (Å²) in [6, 6.07) is 1.83. The third-order valence-corrected chi connectivity index (χ3v) is 3.80. The standard InChI is InChI=1S/C15H19F3N2O/c1-9-5-10(2)7-20(6-9)8-13(21)19-12-4-3-11(16)14(17)15(12)18/h3-4,9-10H,5-8H2,1-2H3,(H,19,21)/p+1/t9-,10+. The van der Waals surface area contributed by atoms with E-state index < -0.39 is 23.4 Å². The minimum atomic E-state index is -1.57. The Bertz CT molecular complexity index is 526. The van der Waals surface area contributed by atoms with Crippen molar-refractivity contribution in [2.24, 2.45) is 11.8 Å². The number of rotatable bonds is 3. The molecule has 3 atom stereocenters. The summed E-state index contributed by atoms with van der Waals surface area (Å²) in [4.78, 5) is 13.1. The summed E-state index contributed by atoms with van der Waals surface area (Å²) >= 11 is 0.